The first-order valence-electron chi connectivity index (χ1n) is 7.58. The summed E-state index contributed by atoms with van der Waals surface area (Å²) in [6.07, 6.45) is 1.19. The molecule has 0 bridgehead atoms. The van der Waals surface area contributed by atoms with Crippen molar-refractivity contribution in [1.82, 2.24) is 9.62 Å². The van der Waals surface area contributed by atoms with Crippen LogP contribution in [0.2, 0.25) is 4.34 Å². The zero-order valence-corrected chi connectivity index (χ0v) is 15.2. The molecule has 1 fully saturated rings. The number of likely N-dealkylation sites (tertiary alicyclic amines) is 1. The van der Waals surface area contributed by atoms with Gasteiger partial charge in [0.2, 0.25) is 10.0 Å². The number of carbonyl (C=O) groups is 1. The number of benzene rings is 1. The molecule has 24 heavy (non-hydrogen) atoms. The smallest absolute Gasteiger partial charge is 0.263 e. The lowest BCUT2D eigenvalue weighted by Gasteiger charge is -2.32. The van der Waals surface area contributed by atoms with Crippen molar-refractivity contribution in [1.29, 1.82) is 0 Å². The summed E-state index contributed by atoms with van der Waals surface area (Å²) in [5.74, 6) is -0.0451. The van der Waals surface area contributed by atoms with Gasteiger partial charge in [-0.3, -0.25) is 4.79 Å². The molecule has 1 amide bonds. The summed E-state index contributed by atoms with van der Waals surface area (Å²) in [6, 6.07) is 11.6. The molecule has 128 valence electrons. The van der Waals surface area contributed by atoms with Gasteiger partial charge in [-0.25, -0.2) is 13.1 Å². The Morgan fingerprint density at radius 2 is 1.79 bits per heavy atom. The number of halogens is 1. The molecule has 1 aromatic heterocycles. The fraction of sp³-hybridized carbons (Fsp3) is 0.312. The van der Waals surface area contributed by atoms with Crippen molar-refractivity contribution < 1.29 is 13.2 Å². The van der Waals surface area contributed by atoms with Crippen LogP contribution in [0.15, 0.2) is 47.4 Å². The second-order valence-electron chi connectivity index (χ2n) is 5.60. The lowest BCUT2D eigenvalue weighted by atomic mass is 10.1. The number of thiophene rings is 1. The number of nitrogens with one attached hydrogen (secondary N) is 1. The molecular formula is C16H17ClN2O3S2. The van der Waals surface area contributed by atoms with Crippen molar-refractivity contribution in [2.45, 2.75) is 23.8 Å². The Kier molecular flexibility index (Phi) is 5.24. The van der Waals surface area contributed by atoms with E-state index in [9.17, 15) is 13.2 Å². The van der Waals surface area contributed by atoms with Gasteiger partial charge in [-0.05, 0) is 37.1 Å². The van der Waals surface area contributed by atoms with Crippen LogP contribution in [0, 0.1) is 0 Å². The van der Waals surface area contributed by atoms with Crippen molar-refractivity contribution in [2.24, 2.45) is 0 Å². The molecule has 2 heterocycles. The van der Waals surface area contributed by atoms with Crippen LogP contribution in [0.4, 0.5) is 0 Å². The largest absolute Gasteiger partial charge is 0.338 e. The minimum Gasteiger partial charge on any atom is -0.338 e. The third-order valence-corrected chi connectivity index (χ3v) is 6.70. The average molecular weight is 385 g/mol. The Bertz CT molecular complexity index is 813. The number of sulfonamides is 1. The van der Waals surface area contributed by atoms with Crippen LogP contribution >= 0.6 is 22.9 Å². The van der Waals surface area contributed by atoms with Gasteiger partial charge in [0.05, 0.1) is 14.1 Å². The van der Waals surface area contributed by atoms with E-state index in [0.29, 0.717) is 35.1 Å². The van der Waals surface area contributed by atoms with Crippen LogP contribution in [0.5, 0.6) is 0 Å². The number of amides is 1. The van der Waals surface area contributed by atoms with Gasteiger partial charge in [-0.15, -0.1) is 11.3 Å². The number of nitrogens with zero attached hydrogens (tertiary/aromatic N) is 1. The van der Waals surface area contributed by atoms with Crippen molar-refractivity contribution in [3.8, 4) is 0 Å². The van der Waals surface area contributed by atoms with E-state index in [1.54, 1.807) is 47.4 Å². The van der Waals surface area contributed by atoms with E-state index in [0.717, 1.165) is 0 Å². The van der Waals surface area contributed by atoms with Crippen LogP contribution in [-0.4, -0.2) is 38.4 Å². The Labute approximate surface area is 150 Å². The normalized spacial score (nSPS) is 16.3. The quantitative estimate of drug-likeness (QED) is 0.881. The van der Waals surface area contributed by atoms with Gasteiger partial charge in [-0.1, -0.05) is 29.8 Å². The highest BCUT2D eigenvalue weighted by Gasteiger charge is 2.27. The molecule has 0 unspecified atom stereocenters. The van der Waals surface area contributed by atoms with Gasteiger partial charge in [0.15, 0.2) is 0 Å². The molecule has 5 nitrogen and oxygen atoms in total. The van der Waals surface area contributed by atoms with E-state index in [1.807, 2.05) is 0 Å². The molecule has 1 saturated heterocycles. The van der Waals surface area contributed by atoms with E-state index >= 15 is 0 Å². The van der Waals surface area contributed by atoms with Gasteiger partial charge >= 0.3 is 0 Å². The number of rotatable bonds is 4. The molecule has 0 spiro atoms. The lowest BCUT2D eigenvalue weighted by Crippen LogP contribution is -2.46. The molecule has 3 rings (SSSR count). The second-order valence-corrected chi connectivity index (χ2v) is 9.03. The number of hydrogen-bond donors (Lipinski definition) is 1. The zero-order chi connectivity index (χ0) is 17.2. The summed E-state index contributed by atoms with van der Waals surface area (Å²) in [4.78, 5) is 15.0. The summed E-state index contributed by atoms with van der Waals surface area (Å²) in [6.45, 7) is 1.05. The molecule has 1 aromatic carbocycles. The van der Waals surface area contributed by atoms with Crippen molar-refractivity contribution in [2.75, 3.05) is 13.1 Å². The Morgan fingerprint density at radius 1 is 1.12 bits per heavy atom. The van der Waals surface area contributed by atoms with E-state index in [4.69, 9.17) is 11.6 Å². The highest BCUT2D eigenvalue weighted by Crippen LogP contribution is 2.24. The van der Waals surface area contributed by atoms with Crippen LogP contribution in [-0.2, 0) is 10.0 Å². The Balaban J connectivity index is 1.58. The molecule has 0 atom stereocenters. The number of hydrogen-bond acceptors (Lipinski definition) is 4. The van der Waals surface area contributed by atoms with E-state index in [1.165, 1.54) is 11.3 Å². The maximum absolute atomic E-state index is 12.4. The highest BCUT2D eigenvalue weighted by atomic mass is 35.5. The average Bonchev–Trinajstić information content (AvgIpc) is 3.02. The van der Waals surface area contributed by atoms with E-state index in [-0.39, 0.29) is 16.8 Å². The molecule has 0 saturated carbocycles. The molecule has 0 radical (unpaired) electrons. The maximum atomic E-state index is 12.4. The lowest BCUT2D eigenvalue weighted by molar-refractivity contribution is 0.0716. The van der Waals surface area contributed by atoms with Crippen LogP contribution in [0.1, 0.15) is 22.5 Å². The van der Waals surface area contributed by atoms with Gasteiger partial charge in [0.1, 0.15) is 0 Å². The summed E-state index contributed by atoms with van der Waals surface area (Å²) in [7, 11) is -3.52. The monoisotopic (exact) mass is 384 g/mol. The van der Waals surface area contributed by atoms with Gasteiger partial charge in [-0.2, -0.15) is 0 Å². The summed E-state index contributed by atoms with van der Waals surface area (Å²) in [5.41, 5.74) is 0. The maximum Gasteiger partial charge on any atom is 0.263 e. The second kappa shape index (κ2) is 7.23. The van der Waals surface area contributed by atoms with Crippen molar-refractivity contribution >= 4 is 38.9 Å². The molecule has 1 N–H and O–H groups in total. The molecular weight excluding hydrogens is 368 g/mol. The van der Waals surface area contributed by atoms with Crippen molar-refractivity contribution in [3.63, 3.8) is 0 Å². The molecule has 1 aliphatic rings. The zero-order valence-electron chi connectivity index (χ0n) is 12.8. The predicted molar refractivity (Wildman–Crippen MR) is 95.0 cm³/mol. The van der Waals surface area contributed by atoms with Gasteiger partial charge in [0.25, 0.3) is 5.91 Å². The summed E-state index contributed by atoms with van der Waals surface area (Å²) >= 11 is 7.13. The Hall–Kier alpha value is -1.41. The van der Waals surface area contributed by atoms with Crippen LogP contribution < -0.4 is 4.72 Å². The van der Waals surface area contributed by atoms with E-state index < -0.39 is 10.0 Å². The number of piperidine rings is 1. The first-order chi connectivity index (χ1) is 11.5. The summed E-state index contributed by atoms with van der Waals surface area (Å²) < 4.78 is 28.0. The topological polar surface area (TPSA) is 66.5 Å². The third kappa shape index (κ3) is 3.97. The predicted octanol–water partition coefficient (Wildman–Crippen LogP) is 2.98. The van der Waals surface area contributed by atoms with Gasteiger partial charge in [0, 0.05) is 19.1 Å². The molecule has 8 heteroatoms. The minimum absolute atomic E-state index is 0.0451. The first kappa shape index (κ1) is 17.4. The van der Waals surface area contributed by atoms with Crippen LogP contribution in [0.25, 0.3) is 0 Å². The standard InChI is InChI=1S/C16H17ClN2O3S2/c17-15-7-6-14(23-15)16(20)19-10-8-12(9-11-19)18-24(21,22)13-4-2-1-3-5-13/h1-7,12,18H,8-11H2. The SMILES string of the molecule is O=C(c1ccc(Cl)s1)N1CCC(NS(=O)(=O)c2ccccc2)CC1. The Morgan fingerprint density at radius 3 is 2.38 bits per heavy atom. The summed E-state index contributed by atoms with van der Waals surface area (Å²) in [5, 5.41) is 0. The first-order valence-corrected chi connectivity index (χ1v) is 10.3. The fourth-order valence-corrected chi connectivity index (χ4v) is 5.01. The molecule has 2 aromatic rings. The van der Waals surface area contributed by atoms with Gasteiger partial charge < -0.3 is 4.90 Å². The number of carbonyl (C=O) groups excluding carboxylic acids is 1. The molecule has 0 aliphatic carbocycles. The van der Waals surface area contributed by atoms with Crippen LogP contribution in [0.3, 0.4) is 0 Å². The van der Waals surface area contributed by atoms with Crippen molar-refractivity contribution in [3.05, 3.63) is 51.7 Å². The van der Waals surface area contributed by atoms with E-state index in [2.05, 4.69) is 4.72 Å². The minimum atomic E-state index is -3.52. The molecule has 1 aliphatic heterocycles. The third-order valence-electron chi connectivity index (χ3n) is 3.94. The fourth-order valence-electron chi connectivity index (χ4n) is 2.67. The highest BCUT2D eigenvalue weighted by molar-refractivity contribution is 7.89.